The van der Waals surface area contributed by atoms with Gasteiger partial charge in [-0.15, -0.1) is 0 Å². The Morgan fingerprint density at radius 3 is 2.27 bits per heavy atom. The van der Waals surface area contributed by atoms with Crippen LogP contribution in [0.25, 0.3) is 0 Å². The Morgan fingerprint density at radius 1 is 0.909 bits per heavy atom. The molecule has 0 unspecified atom stereocenters. The van der Waals surface area contributed by atoms with Crippen molar-refractivity contribution in [2.45, 2.75) is 82.8 Å². The first-order valence-electron chi connectivity index (χ1n) is 8.86. The van der Waals surface area contributed by atoms with Gasteiger partial charge in [0.2, 0.25) is 5.88 Å². The van der Waals surface area contributed by atoms with Crippen LogP contribution >= 0.6 is 0 Å². The van der Waals surface area contributed by atoms with Crippen LogP contribution in [0.4, 0.5) is 11.5 Å². The molecule has 0 atom stereocenters. The van der Waals surface area contributed by atoms with Gasteiger partial charge in [-0.1, -0.05) is 32.1 Å². The Morgan fingerprint density at radius 2 is 1.55 bits per heavy atom. The second-order valence-electron chi connectivity index (χ2n) is 6.65. The molecule has 1 aromatic heterocycles. The standard InChI is InChI=1S/C17H28N4O/c18-15-16(21-13-8-4-1-2-5-9-13)19-12-20-17(15)22-14-10-6-3-7-11-14/h12-14H,1-11,18H2,(H,19,20,21). The Balaban J connectivity index is 1.65. The summed E-state index contributed by atoms with van der Waals surface area (Å²) in [7, 11) is 0. The zero-order valence-electron chi connectivity index (χ0n) is 13.4. The molecule has 5 heteroatoms. The Hall–Kier alpha value is -1.52. The fourth-order valence-corrected chi connectivity index (χ4v) is 3.55. The molecule has 0 aliphatic heterocycles. The first-order chi connectivity index (χ1) is 10.8. The molecule has 0 saturated heterocycles. The summed E-state index contributed by atoms with van der Waals surface area (Å²) in [4.78, 5) is 8.58. The number of nitrogens with one attached hydrogen (secondary N) is 1. The normalized spacial score (nSPS) is 21.3. The van der Waals surface area contributed by atoms with Gasteiger partial charge in [0.15, 0.2) is 5.82 Å². The quantitative estimate of drug-likeness (QED) is 0.825. The molecule has 2 fully saturated rings. The second-order valence-corrected chi connectivity index (χ2v) is 6.65. The molecule has 1 heterocycles. The SMILES string of the molecule is Nc1c(NC2CCCCCC2)ncnc1OC1CCCCC1. The van der Waals surface area contributed by atoms with E-state index in [-0.39, 0.29) is 6.10 Å². The molecule has 3 N–H and O–H groups in total. The highest BCUT2D eigenvalue weighted by Crippen LogP contribution is 2.30. The van der Waals surface area contributed by atoms with Gasteiger partial charge >= 0.3 is 0 Å². The highest BCUT2D eigenvalue weighted by atomic mass is 16.5. The third kappa shape index (κ3) is 4.02. The number of ether oxygens (including phenoxy) is 1. The van der Waals surface area contributed by atoms with Gasteiger partial charge in [0.25, 0.3) is 0 Å². The summed E-state index contributed by atoms with van der Waals surface area (Å²) in [5, 5.41) is 3.51. The average Bonchev–Trinajstić information content (AvgIpc) is 2.81. The molecule has 122 valence electrons. The molecule has 1 aromatic rings. The second kappa shape index (κ2) is 7.65. The summed E-state index contributed by atoms with van der Waals surface area (Å²) in [6.07, 6.45) is 15.5. The summed E-state index contributed by atoms with van der Waals surface area (Å²) in [6.45, 7) is 0. The highest BCUT2D eigenvalue weighted by Gasteiger charge is 2.20. The van der Waals surface area contributed by atoms with Gasteiger partial charge in [0.05, 0.1) is 0 Å². The van der Waals surface area contributed by atoms with E-state index in [9.17, 15) is 0 Å². The van der Waals surface area contributed by atoms with Gasteiger partial charge in [-0.2, -0.15) is 4.98 Å². The Labute approximate surface area is 133 Å². The minimum atomic E-state index is 0.261. The molecule has 2 aliphatic carbocycles. The number of nitrogen functional groups attached to an aromatic ring is 1. The van der Waals surface area contributed by atoms with Gasteiger partial charge in [-0.05, 0) is 38.5 Å². The van der Waals surface area contributed by atoms with E-state index in [1.807, 2.05) is 0 Å². The number of aromatic nitrogens is 2. The van der Waals surface area contributed by atoms with Crippen molar-refractivity contribution >= 4 is 11.5 Å². The fraction of sp³-hybridized carbons (Fsp3) is 0.765. The van der Waals surface area contributed by atoms with E-state index >= 15 is 0 Å². The zero-order chi connectivity index (χ0) is 15.2. The maximum Gasteiger partial charge on any atom is 0.242 e. The van der Waals surface area contributed by atoms with E-state index in [1.165, 1.54) is 57.8 Å². The van der Waals surface area contributed by atoms with Gasteiger partial charge in [0, 0.05) is 6.04 Å². The van der Waals surface area contributed by atoms with Crippen molar-refractivity contribution in [1.82, 2.24) is 9.97 Å². The van der Waals surface area contributed by atoms with Crippen molar-refractivity contribution in [3.8, 4) is 5.88 Å². The minimum Gasteiger partial charge on any atom is -0.473 e. The molecular weight excluding hydrogens is 276 g/mol. The van der Waals surface area contributed by atoms with Gasteiger partial charge < -0.3 is 15.8 Å². The average molecular weight is 304 g/mol. The molecule has 2 saturated carbocycles. The van der Waals surface area contributed by atoms with E-state index in [0.29, 0.717) is 17.6 Å². The lowest BCUT2D eigenvalue weighted by molar-refractivity contribution is 0.149. The van der Waals surface area contributed by atoms with Gasteiger partial charge in [0.1, 0.15) is 18.1 Å². The van der Waals surface area contributed by atoms with Crippen molar-refractivity contribution in [1.29, 1.82) is 0 Å². The molecule has 5 nitrogen and oxygen atoms in total. The lowest BCUT2D eigenvalue weighted by Crippen LogP contribution is -2.23. The largest absolute Gasteiger partial charge is 0.473 e. The predicted molar refractivity (Wildman–Crippen MR) is 89.1 cm³/mol. The minimum absolute atomic E-state index is 0.261. The lowest BCUT2D eigenvalue weighted by atomic mass is 9.98. The van der Waals surface area contributed by atoms with Crippen LogP contribution in [0.2, 0.25) is 0 Å². The summed E-state index contributed by atoms with van der Waals surface area (Å²) < 4.78 is 6.02. The first kappa shape index (κ1) is 15.4. The van der Waals surface area contributed by atoms with Crippen LogP contribution in [0.5, 0.6) is 5.88 Å². The van der Waals surface area contributed by atoms with E-state index in [4.69, 9.17) is 10.5 Å². The van der Waals surface area contributed by atoms with E-state index in [2.05, 4.69) is 15.3 Å². The van der Waals surface area contributed by atoms with E-state index in [0.717, 1.165) is 18.7 Å². The topological polar surface area (TPSA) is 73.1 Å². The van der Waals surface area contributed by atoms with Crippen LogP contribution in [0.3, 0.4) is 0 Å². The third-order valence-electron chi connectivity index (χ3n) is 4.87. The zero-order valence-corrected chi connectivity index (χ0v) is 13.4. The van der Waals surface area contributed by atoms with Crippen molar-refractivity contribution in [3.05, 3.63) is 6.33 Å². The lowest BCUT2D eigenvalue weighted by Gasteiger charge is -2.24. The number of rotatable bonds is 4. The van der Waals surface area contributed by atoms with Crippen LogP contribution in [0.15, 0.2) is 6.33 Å². The Bertz CT molecular complexity index is 466. The van der Waals surface area contributed by atoms with Crippen LogP contribution in [0.1, 0.15) is 70.6 Å². The summed E-state index contributed by atoms with van der Waals surface area (Å²) >= 11 is 0. The molecule has 0 bridgehead atoms. The number of hydrogen-bond donors (Lipinski definition) is 2. The number of nitrogens with two attached hydrogens (primary N) is 1. The van der Waals surface area contributed by atoms with Crippen molar-refractivity contribution in [3.63, 3.8) is 0 Å². The number of anilines is 2. The third-order valence-corrected chi connectivity index (χ3v) is 4.87. The van der Waals surface area contributed by atoms with E-state index in [1.54, 1.807) is 6.33 Å². The highest BCUT2D eigenvalue weighted by molar-refractivity contribution is 5.66. The van der Waals surface area contributed by atoms with Crippen LogP contribution in [0, 0.1) is 0 Å². The summed E-state index contributed by atoms with van der Waals surface area (Å²) in [5.74, 6) is 1.30. The molecule has 0 aromatic carbocycles. The molecule has 2 aliphatic rings. The van der Waals surface area contributed by atoms with Gasteiger partial charge in [-0.25, -0.2) is 4.98 Å². The van der Waals surface area contributed by atoms with Crippen LogP contribution in [-0.4, -0.2) is 22.1 Å². The predicted octanol–water partition coefficient (Wildman–Crippen LogP) is 3.91. The molecule has 0 radical (unpaired) electrons. The van der Waals surface area contributed by atoms with Gasteiger partial charge in [-0.3, -0.25) is 0 Å². The van der Waals surface area contributed by atoms with Crippen LogP contribution in [-0.2, 0) is 0 Å². The fourth-order valence-electron chi connectivity index (χ4n) is 3.55. The maximum atomic E-state index is 6.24. The monoisotopic (exact) mass is 304 g/mol. The molecule has 0 amide bonds. The van der Waals surface area contributed by atoms with Crippen molar-refractivity contribution in [2.75, 3.05) is 11.1 Å². The smallest absolute Gasteiger partial charge is 0.242 e. The van der Waals surface area contributed by atoms with Crippen LogP contribution < -0.4 is 15.8 Å². The number of nitrogens with zero attached hydrogens (tertiary/aromatic N) is 2. The Kier molecular flexibility index (Phi) is 5.35. The summed E-state index contributed by atoms with van der Waals surface area (Å²) in [5.41, 5.74) is 6.81. The van der Waals surface area contributed by atoms with Crippen molar-refractivity contribution in [2.24, 2.45) is 0 Å². The first-order valence-corrected chi connectivity index (χ1v) is 8.86. The maximum absolute atomic E-state index is 6.24. The molecule has 22 heavy (non-hydrogen) atoms. The van der Waals surface area contributed by atoms with Crippen molar-refractivity contribution < 1.29 is 4.74 Å². The number of hydrogen-bond acceptors (Lipinski definition) is 5. The van der Waals surface area contributed by atoms with E-state index < -0.39 is 0 Å². The molecule has 0 spiro atoms. The molecular formula is C17H28N4O. The molecule has 3 rings (SSSR count). The summed E-state index contributed by atoms with van der Waals surface area (Å²) in [6, 6.07) is 0.474.